The first-order valence-corrected chi connectivity index (χ1v) is 6.64. The van der Waals surface area contributed by atoms with Crippen LogP contribution in [0, 0.1) is 10.1 Å². The summed E-state index contributed by atoms with van der Waals surface area (Å²) >= 11 is 4.92. The molecule has 0 saturated heterocycles. The van der Waals surface area contributed by atoms with Crippen LogP contribution in [0.2, 0.25) is 0 Å². The van der Waals surface area contributed by atoms with Crippen LogP contribution >= 0.6 is 12.2 Å². The zero-order chi connectivity index (χ0) is 16.5. The summed E-state index contributed by atoms with van der Waals surface area (Å²) in [7, 11) is 0. The van der Waals surface area contributed by atoms with E-state index in [1.54, 1.807) is 6.07 Å². The summed E-state index contributed by atoms with van der Waals surface area (Å²) in [6.45, 7) is 5.62. The molecule has 0 atom stereocenters. The standard InChI is InChI=1S/C13H16N4O4S/c1-9(2)7-14-13(22)16-15-12(18)8-21-11-6-4-3-5-10(11)17(19)20/h3-6H,1,7-8H2,2H3,(H,15,18)(H2,14,16,22). The second-order valence-corrected chi connectivity index (χ2v) is 4.73. The lowest BCUT2D eigenvalue weighted by Crippen LogP contribution is -2.48. The Kier molecular flexibility index (Phi) is 6.77. The Morgan fingerprint density at radius 1 is 1.41 bits per heavy atom. The lowest BCUT2D eigenvalue weighted by Gasteiger charge is -2.12. The van der Waals surface area contributed by atoms with Crippen LogP contribution in [-0.2, 0) is 4.79 Å². The maximum atomic E-state index is 11.6. The number of hydrazine groups is 1. The highest BCUT2D eigenvalue weighted by Gasteiger charge is 2.14. The molecule has 0 aliphatic heterocycles. The highest BCUT2D eigenvalue weighted by Crippen LogP contribution is 2.25. The molecule has 1 amide bonds. The Balaban J connectivity index is 2.39. The molecule has 22 heavy (non-hydrogen) atoms. The van der Waals surface area contributed by atoms with Gasteiger partial charge in [0.15, 0.2) is 17.5 Å². The topological polar surface area (TPSA) is 106 Å². The van der Waals surface area contributed by atoms with Gasteiger partial charge in [-0.1, -0.05) is 24.3 Å². The van der Waals surface area contributed by atoms with Gasteiger partial charge in [0.05, 0.1) is 4.92 Å². The second kappa shape index (κ2) is 8.57. The van der Waals surface area contributed by atoms with Crippen LogP contribution in [-0.4, -0.2) is 29.1 Å². The molecular weight excluding hydrogens is 308 g/mol. The molecule has 1 aromatic carbocycles. The molecule has 8 nitrogen and oxygen atoms in total. The number of nitrogens with one attached hydrogen (secondary N) is 3. The van der Waals surface area contributed by atoms with Crippen LogP contribution < -0.4 is 20.9 Å². The number of benzene rings is 1. The minimum absolute atomic E-state index is 0.0191. The van der Waals surface area contributed by atoms with Crippen LogP contribution in [0.25, 0.3) is 0 Å². The van der Waals surface area contributed by atoms with Crippen molar-refractivity contribution in [2.24, 2.45) is 0 Å². The molecule has 0 unspecified atom stereocenters. The first kappa shape index (κ1) is 17.4. The van der Waals surface area contributed by atoms with E-state index in [2.05, 4.69) is 22.7 Å². The smallest absolute Gasteiger partial charge is 0.310 e. The average molecular weight is 324 g/mol. The molecule has 118 valence electrons. The van der Waals surface area contributed by atoms with Crippen molar-refractivity contribution < 1.29 is 14.5 Å². The molecule has 1 rings (SSSR count). The Morgan fingerprint density at radius 2 is 2.09 bits per heavy atom. The number of nitro groups is 1. The molecule has 0 bridgehead atoms. The molecular formula is C13H16N4O4S. The van der Waals surface area contributed by atoms with Gasteiger partial charge in [0, 0.05) is 12.6 Å². The zero-order valence-corrected chi connectivity index (χ0v) is 12.7. The van der Waals surface area contributed by atoms with E-state index in [0.717, 1.165) is 5.57 Å². The van der Waals surface area contributed by atoms with Gasteiger partial charge in [-0.2, -0.15) is 0 Å². The molecule has 0 aliphatic rings. The van der Waals surface area contributed by atoms with Crippen molar-refractivity contribution in [3.63, 3.8) is 0 Å². The number of ether oxygens (including phenoxy) is 1. The van der Waals surface area contributed by atoms with Gasteiger partial charge < -0.3 is 10.1 Å². The van der Waals surface area contributed by atoms with Crippen molar-refractivity contribution >= 4 is 28.9 Å². The lowest BCUT2D eigenvalue weighted by molar-refractivity contribution is -0.385. The van der Waals surface area contributed by atoms with Crippen molar-refractivity contribution in [1.29, 1.82) is 0 Å². The minimum Gasteiger partial charge on any atom is -0.477 e. The van der Waals surface area contributed by atoms with Gasteiger partial charge in [0.2, 0.25) is 0 Å². The molecule has 9 heteroatoms. The van der Waals surface area contributed by atoms with Gasteiger partial charge in [-0.05, 0) is 25.2 Å². The summed E-state index contributed by atoms with van der Waals surface area (Å²) in [6, 6.07) is 5.80. The Labute approximate surface area is 132 Å². The van der Waals surface area contributed by atoms with Crippen LogP contribution in [0.5, 0.6) is 5.75 Å². The van der Waals surface area contributed by atoms with E-state index in [-0.39, 0.29) is 23.2 Å². The molecule has 0 heterocycles. The highest BCUT2D eigenvalue weighted by atomic mass is 32.1. The molecule has 0 aliphatic carbocycles. The van der Waals surface area contributed by atoms with Crippen molar-refractivity contribution in [1.82, 2.24) is 16.2 Å². The van der Waals surface area contributed by atoms with E-state index < -0.39 is 10.8 Å². The summed E-state index contributed by atoms with van der Waals surface area (Å²) < 4.78 is 5.12. The Hall–Kier alpha value is -2.68. The summed E-state index contributed by atoms with van der Waals surface area (Å²) in [4.78, 5) is 21.8. The maximum Gasteiger partial charge on any atom is 0.310 e. The first-order chi connectivity index (χ1) is 10.4. The van der Waals surface area contributed by atoms with Crippen molar-refractivity contribution in [2.75, 3.05) is 13.2 Å². The monoisotopic (exact) mass is 324 g/mol. The lowest BCUT2D eigenvalue weighted by atomic mass is 10.3. The fourth-order valence-electron chi connectivity index (χ4n) is 1.31. The number of rotatable bonds is 6. The molecule has 3 N–H and O–H groups in total. The van der Waals surface area contributed by atoms with E-state index in [1.165, 1.54) is 18.2 Å². The van der Waals surface area contributed by atoms with E-state index >= 15 is 0 Å². The fourth-order valence-corrected chi connectivity index (χ4v) is 1.43. The van der Waals surface area contributed by atoms with Gasteiger partial charge in [-0.25, -0.2) is 0 Å². The van der Waals surface area contributed by atoms with E-state index in [4.69, 9.17) is 17.0 Å². The Bertz CT molecular complexity index is 591. The van der Waals surface area contributed by atoms with Crippen molar-refractivity contribution in [3.8, 4) is 5.75 Å². The maximum absolute atomic E-state index is 11.6. The zero-order valence-electron chi connectivity index (χ0n) is 11.9. The number of para-hydroxylation sites is 2. The number of hydrogen-bond acceptors (Lipinski definition) is 5. The Morgan fingerprint density at radius 3 is 2.73 bits per heavy atom. The van der Waals surface area contributed by atoms with Crippen LogP contribution in [0.4, 0.5) is 5.69 Å². The van der Waals surface area contributed by atoms with Gasteiger partial charge in [0.1, 0.15) is 0 Å². The van der Waals surface area contributed by atoms with Gasteiger partial charge in [-0.15, -0.1) is 0 Å². The van der Waals surface area contributed by atoms with Crippen LogP contribution in [0.15, 0.2) is 36.4 Å². The number of thiocarbonyl (C=S) groups is 1. The SMILES string of the molecule is C=C(C)CNC(=S)NNC(=O)COc1ccccc1[N+](=O)[O-]. The molecule has 0 aromatic heterocycles. The third-order valence-corrected chi connectivity index (χ3v) is 2.53. The number of amides is 1. The molecule has 1 aromatic rings. The number of carbonyl (C=O) groups excluding carboxylic acids is 1. The number of carbonyl (C=O) groups is 1. The van der Waals surface area contributed by atoms with Gasteiger partial charge >= 0.3 is 5.69 Å². The fraction of sp³-hybridized carbons (Fsp3) is 0.231. The quantitative estimate of drug-likeness (QED) is 0.311. The van der Waals surface area contributed by atoms with E-state index in [9.17, 15) is 14.9 Å². The molecule has 0 fully saturated rings. The van der Waals surface area contributed by atoms with Gasteiger partial charge in [-0.3, -0.25) is 25.8 Å². The predicted octanol–water partition coefficient (Wildman–Crippen LogP) is 1.04. The predicted molar refractivity (Wildman–Crippen MR) is 85.3 cm³/mol. The van der Waals surface area contributed by atoms with E-state index in [0.29, 0.717) is 6.54 Å². The summed E-state index contributed by atoms with van der Waals surface area (Å²) in [5, 5.41) is 13.8. The number of hydrogen-bond donors (Lipinski definition) is 3. The third-order valence-electron chi connectivity index (χ3n) is 2.29. The summed E-state index contributed by atoms with van der Waals surface area (Å²) in [5.74, 6) is -0.511. The van der Waals surface area contributed by atoms with Crippen molar-refractivity contribution in [3.05, 3.63) is 46.5 Å². The highest BCUT2D eigenvalue weighted by molar-refractivity contribution is 7.80. The second-order valence-electron chi connectivity index (χ2n) is 4.33. The largest absolute Gasteiger partial charge is 0.477 e. The van der Waals surface area contributed by atoms with Gasteiger partial charge in [0.25, 0.3) is 5.91 Å². The number of nitro benzene ring substituents is 1. The van der Waals surface area contributed by atoms with Crippen molar-refractivity contribution in [2.45, 2.75) is 6.92 Å². The molecule has 0 saturated carbocycles. The first-order valence-electron chi connectivity index (χ1n) is 6.23. The van der Waals surface area contributed by atoms with Crippen LogP contribution in [0.3, 0.4) is 0 Å². The molecule has 0 spiro atoms. The van der Waals surface area contributed by atoms with E-state index in [1.807, 2.05) is 6.92 Å². The normalized spacial score (nSPS) is 9.50. The summed E-state index contributed by atoms with van der Waals surface area (Å²) in [5.41, 5.74) is 5.46. The number of nitrogens with zero attached hydrogens (tertiary/aromatic N) is 1. The summed E-state index contributed by atoms with van der Waals surface area (Å²) in [6.07, 6.45) is 0. The third kappa shape index (κ3) is 6.18. The molecule has 0 radical (unpaired) electrons. The minimum atomic E-state index is -0.581. The average Bonchev–Trinajstić information content (AvgIpc) is 2.48. The van der Waals surface area contributed by atoms with Crippen LogP contribution in [0.1, 0.15) is 6.92 Å².